The Hall–Kier alpha value is -2.26. The van der Waals surface area contributed by atoms with Crippen molar-refractivity contribution in [1.82, 2.24) is 30.0 Å². The first-order valence-electron chi connectivity index (χ1n) is 8.64. The summed E-state index contributed by atoms with van der Waals surface area (Å²) in [6.45, 7) is 6.62. The molecule has 4 heterocycles. The summed E-state index contributed by atoms with van der Waals surface area (Å²) < 4.78 is 7.17. The van der Waals surface area contributed by atoms with E-state index in [0.717, 1.165) is 42.3 Å². The molecule has 0 aliphatic carbocycles. The average Bonchev–Trinajstić information content (AvgIpc) is 3.02. The number of ether oxygens (including phenoxy) is 1. The van der Waals surface area contributed by atoms with Crippen molar-refractivity contribution in [2.75, 3.05) is 50.8 Å². The van der Waals surface area contributed by atoms with Gasteiger partial charge in [-0.25, -0.2) is 9.97 Å². The first-order valence-corrected chi connectivity index (χ1v) is 8.64. The van der Waals surface area contributed by atoms with Crippen molar-refractivity contribution in [2.24, 2.45) is 7.05 Å². The fourth-order valence-corrected chi connectivity index (χ4v) is 3.44. The molecule has 0 saturated carbocycles. The van der Waals surface area contributed by atoms with E-state index < -0.39 is 0 Å². The van der Waals surface area contributed by atoms with E-state index in [4.69, 9.17) is 4.74 Å². The molecule has 2 aromatic rings. The summed E-state index contributed by atoms with van der Waals surface area (Å²) in [5.41, 5.74) is 0.838. The summed E-state index contributed by atoms with van der Waals surface area (Å²) in [6.07, 6.45) is 1.81. The topological polar surface area (TPSA) is 88.4 Å². The van der Waals surface area contributed by atoms with Gasteiger partial charge in [-0.1, -0.05) is 0 Å². The smallest absolute Gasteiger partial charge is 0.242 e. The predicted octanol–water partition coefficient (Wildman–Crippen LogP) is -0.691. The monoisotopic (exact) mass is 345 g/mol. The van der Waals surface area contributed by atoms with Gasteiger partial charge in [0.15, 0.2) is 5.65 Å². The summed E-state index contributed by atoms with van der Waals surface area (Å²) >= 11 is 0. The van der Waals surface area contributed by atoms with Crippen LogP contribution in [0.25, 0.3) is 11.0 Å². The lowest BCUT2D eigenvalue weighted by Crippen LogP contribution is -2.57. The maximum absolute atomic E-state index is 12.6. The molecule has 0 spiro atoms. The molecule has 25 heavy (non-hydrogen) atoms. The van der Waals surface area contributed by atoms with E-state index in [1.54, 1.807) is 4.68 Å². The molecule has 2 fully saturated rings. The minimum absolute atomic E-state index is 0.129. The predicted molar refractivity (Wildman–Crippen MR) is 92.4 cm³/mol. The Bertz CT molecular complexity index is 776. The number of rotatable bonds is 2. The van der Waals surface area contributed by atoms with E-state index in [2.05, 4.69) is 25.3 Å². The Labute approximate surface area is 146 Å². The third-order valence-electron chi connectivity index (χ3n) is 4.79. The number of morpholine rings is 1. The van der Waals surface area contributed by atoms with E-state index in [0.29, 0.717) is 26.3 Å². The van der Waals surface area contributed by atoms with Crippen molar-refractivity contribution in [3.8, 4) is 0 Å². The van der Waals surface area contributed by atoms with Crippen LogP contribution in [0.15, 0.2) is 6.20 Å². The number of hydrogen-bond acceptors (Lipinski definition) is 7. The molecule has 2 aliphatic heterocycles. The molecule has 4 rings (SSSR count). The molecule has 1 N–H and O–H groups in total. The van der Waals surface area contributed by atoms with Gasteiger partial charge in [-0.15, -0.1) is 0 Å². The van der Waals surface area contributed by atoms with Gasteiger partial charge in [0.1, 0.15) is 17.7 Å². The van der Waals surface area contributed by atoms with Crippen LogP contribution in [0.4, 0.5) is 5.82 Å². The second-order valence-corrected chi connectivity index (χ2v) is 6.49. The van der Waals surface area contributed by atoms with Gasteiger partial charge in [-0.3, -0.25) is 9.48 Å². The molecule has 0 aromatic carbocycles. The molecule has 9 heteroatoms. The number of anilines is 1. The number of fused-ring (bicyclic) bond motifs is 1. The lowest BCUT2D eigenvalue weighted by atomic mass is 10.2. The molecule has 2 saturated heterocycles. The summed E-state index contributed by atoms with van der Waals surface area (Å²) in [7, 11) is 1.88. The third-order valence-corrected chi connectivity index (χ3v) is 4.79. The summed E-state index contributed by atoms with van der Waals surface area (Å²) in [5, 5.41) is 8.48. The molecule has 1 amide bonds. The molecule has 2 aliphatic rings. The number of aryl methyl sites for hydroxylation is 2. The first kappa shape index (κ1) is 16.2. The molecule has 1 atom stereocenters. The lowest BCUT2D eigenvalue weighted by molar-refractivity contribution is -0.136. The van der Waals surface area contributed by atoms with E-state index in [1.807, 2.05) is 25.1 Å². The van der Waals surface area contributed by atoms with Crippen LogP contribution in [0.3, 0.4) is 0 Å². The van der Waals surface area contributed by atoms with Crippen molar-refractivity contribution in [1.29, 1.82) is 0 Å². The zero-order chi connectivity index (χ0) is 17.4. The van der Waals surface area contributed by atoms with Gasteiger partial charge in [0, 0.05) is 39.8 Å². The van der Waals surface area contributed by atoms with E-state index in [-0.39, 0.29) is 11.9 Å². The summed E-state index contributed by atoms with van der Waals surface area (Å²) in [5.74, 6) is 1.76. The lowest BCUT2D eigenvalue weighted by Gasteiger charge is -2.37. The molecular formula is C16H23N7O2. The molecule has 9 nitrogen and oxygen atoms in total. The number of carbonyl (C=O) groups is 1. The number of nitrogens with one attached hydrogen (secondary N) is 1. The van der Waals surface area contributed by atoms with E-state index in [1.165, 1.54) is 0 Å². The highest BCUT2D eigenvalue weighted by Gasteiger charge is 2.29. The van der Waals surface area contributed by atoms with Crippen LogP contribution in [0.2, 0.25) is 0 Å². The van der Waals surface area contributed by atoms with Crippen molar-refractivity contribution < 1.29 is 9.53 Å². The van der Waals surface area contributed by atoms with Crippen LogP contribution < -0.4 is 10.2 Å². The second kappa shape index (κ2) is 6.57. The van der Waals surface area contributed by atoms with Crippen molar-refractivity contribution in [3.05, 3.63) is 12.0 Å². The minimum atomic E-state index is -0.216. The summed E-state index contributed by atoms with van der Waals surface area (Å²) in [6, 6.07) is -0.216. The fourth-order valence-electron chi connectivity index (χ4n) is 3.44. The van der Waals surface area contributed by atoms with Crippen molar-refractivity contribution >= 4 is 22.8 Å². The SMILES string of the molecule is Cc1nc(N2CCN(C(=O)C3COCCN3)CC2)c2cnn(C)c2n1. The number of piperazine rings is 1. The zero-order valence-electron chi connectivity index (χ0n) is 14.6. The molecule has 2 aromatic heterocycles. The Morgan fingerprint density at radius 1 is 1.28 bits per heavy atom. The number of aromatic nitrogens is 4. The maximum atomic E-state index is 12.6. The number of hydrogen-bond donors (Lipinski definition) is 1. The molecular weight excluding hydrogens is 322 g/mol. The second-order valence-electron chi connectivity index (χ2n) is 6.49. The van der Waals surface area contributed by atoms with Crippen LogP contribution in [0.1, 0.15) is 5.82 Å². The van der Waals surface area contributed by atoms with Gasteiger partial charge in [-0.2, -0.15) is 5.10 Å². The molecule has 1 unspecified atom stereocenters. The summed E-state index contributed by atoms with van der Waals surface area (Å²) in [4.78, 5) is 25.8. The highest BCUT2D eigenvalue weighted by Crippen LogP contribution is 2.24. The Kier molecular flexibility index (Phi) is 4.26. The van der Waals surface area contributed by atoms with E-state index >= 15 is 0 Å². The van der Waals surface area contributed by atoms with Gasteiger partial charge in [0.05, 0.1) is 24.8 Å². The normalized spacial score (nSPS) is 21.8. The molecule has 134 valence electrons. The van der Waals surface area contributed by atoms with Crippen LogP contribution >= 0.6 is 0 Å². The fraction of sp³-hybridized carbons (Fsp3) is 0.625. The van der Waals surface area contributed by atoms with Crippen LogP contribution in [-0.2, 0) is 16.6 Å². The Morgan fingerprint density at radius 3 is 2.80 bits per heavy atom. The van der Waals surface area contributed by atoms with Gasteiger partial charge in [0.2, 0.25) is 5.91 Å². The van der Waals surface area contributed by atoms with Gasteiger partial charge >= 0.3 is 0 Å². The Balaban J connectivity index is 1.48. The van der Waals surface area contributed by atoms with Crippen molar-refractivity contribution in [2.45, 2.75) is 13.0 Å². The standard InChI is InChI=1S/C16H23N7O2/c1-11-19-14-12(9-18-21(14)2)15(20-11)22-4-6-23(7-5-22)16(24)13-10-25-8-3-17-13/h9,13,17H,3-8,10H2,1-2H3. The maximum Gasteiger partial charge on any atom is 0.242 e. The van der Waals surface area contributed by atoms with Crippen molar-refractivity contribution in [3.63, 3.8) is 0 Å². The first-order chi connectivity index (χ1) is 12.1. The molecule has 0 radical (unpaired) electrons. The van der Waals surface area contributed by atoms with Crippen LogP contribution in [0, 0.1) is 6.92 Å². The number of nitrogens with zero attached hydrogens (tertiary/aromatic N) is 6. The van der Waals surface area contributed by atoms with Gasteiger partial charge < -0.3 is 19.9 Å². The number of amides is 1. The minimum Gasteiger partial charge on any atom is -0.378 e. The average molecular weight is 345 g/mol. The number of carbonyl (C=O) groups excluding carboxylic acids is 1. The zero-order valence-corrected chi connectivity index (χ0v) is 14.6. The quantitative estimate of drug-likeness (QED) is 0.771. The van der Waals surface area contributed by atoms with E-state index in [9.17, 15) is 4.79 Å². The van der Waals surface area contributed by atoms with Crippen LogP contribution in [0.5, 0.6) is 0 Å². The third kappa shape index (κ3) is 3.05. The highest BCUT2D eigenvalue weighted by molar-refractivity contribution is 5.87. The van der Waals surface area contributed by atoms with Gasteiger partial charge in [-0.05, 0) is 6.92 Å². The molecule has 0 bridgehead atoms. The van der Waals surface area contributed by atoms with Gasteiger partial charge in [0.25, 0.3) is 0 Å². The highest BCUT2D eigenvalue weighted by atomic mass is 16.5. The Morgan fingerprint density at radius 2 is 2.08 bits per heavy atom. The largest absolute Gasteiger partial charge is 0.378 e. The van der Waals surface area contributed by atoms with Crippen LogP contribution in [-0.4, -0.2) is 82.5 Å².